The molecule has 0 heterocycles. The van der Waals surface area contributed by atoms with Crippen molar-refractivity contribution in [3.8, 4) is 0 Å². The zero-order chi connectivity index (χ0) is 14.4. The predicted octanol–water partition coefficient (Wildman–Crippen LogP) is 3.95. The van der Waals surface area contributed by atoms with Crippen LogP contribution in [-0.4, -0.2) is 15.1 Å². The molecule has 2 heteroatoms. The Kier molecular flexibility index (Phi) is 5.15. The van der Waals surface area contributed by atoms with Crippen molar-refractivity contribution in [2.75, 3.05) is 7.05 Å². The quantitative estimate of drug-likeness (QED) is 0.792. The lowest BCUT2D eigenvalue weighted by molar-refractivity contribution is 0.573. The van der Waals surface area contributed by atoms with Crippen LogP contribution in [0.25, 0.3) is 0 Å². The van der Waals surface area contributed by atoms with Crippen LogP contribution in [0.2, 0.25) is 19.1 Å². The van der Waals surface area contributed by atoms with E-state index in [0.29, 0.717) is 6.04 Å². The van der Waals surface area contributed by atoms with Gasteiger partial charge in [-0.2, -0.15) is 0 Å². The average molecular weight is 283 g/mol. The first kappa shape index (κ1) is 15.0. The Balaban J connectivity index is 2.03. The largest absolute Gasteiger partial charge is 0.313 e. The van der Waals surface area contributed by atoms with Gasteiger partial charge in [0.15, 0.2) is 0 Å². The van der Waals surface area contributed by atoms with Gasteiger partial charge in [0.1, 0.15) is 0 Å². The van der Waals surface area contributed by atoms with Crippen LogP contribution in [0.5, 0.6) is 0 Å². The number of hydrogen-bond acceptors (Lipinski definition) is 1. The molecule has 0 aliphatic rings. The summed E-state index contributed by atoms with van der Waals surface area (Å²) in [5, 5.41) is 5.02. The molecule has 2 aromatic rings. The molecule has 1 nitrogen and oxygen atoms in total. The van der Waals surface area contributed by atoms with E-state index in [4.69, 9.17) is 0 Å². The molecule has 1 atom stereocenters. The van der Waals surface area contributed by atoms with Gasteiger partial charge in [0.2, 0.25) is 0 Å². The lowest BCUT2D eigenvalue weighted by Gasteiger charge is -2.26. The summed E-state index contributed by atoms with van der Waals surface area (Å²) in [5.41, 5.74) is 1.40. The molecule has 1 N–H and O–H groups in total. The second-order valence-corrected chi connectivity index (χ2v) is 10.9. The molecule has 0 fully saturated rings. The summed E-state index contributed by atoms with van der Waals surface area (Å²) >= 11 is 0. The third-order valence-electron chi connectivity index (χ3n) is 4.16. The van der Waals surface area contributed by atoms with Gasteiger partial charge in [-0.25, -0.2) is 0 Å². The van der Waals surface area contributed by atoms with Gasteiger partial charge >= 0.3 is 0 Å². The molecule has 0 bridgehead atoms. The molecule has 20 heavy (non-hydrogen) atoms. The minimum absolute atomic E-state index is 0.465. The van der Waals surface area contributed by atoms with Gasteiger partial charge in [-0.1, -0.05) is 85.0 Å². The van der Waals surface area contributed by atoms with Gasteiger partial charge in [0, 0.05) is 6.04 Å². The normalized spacial score (nSPS) is 13.2. The van der Waals surface area contributed by atoms with Crippen molar-refractivity contribution in [3.05, 3.63) is 66.2 Å². The van der Waals surface area contributed by atoms with E-state index in [1.54, 1.807) is 5.19 Å². The molecule has 0 saturated heterocycles. The number of nitrogens with one attached hydrogen (secondary N) is 1. The van der Waals surface area contributed by atoms with Crippen molar-refractivity contribution in [2.45, 2.75) is 31.6 Å². The lowest BCUT2D eigenvalue weighted by Crippen LogP contribution is -2.41. The molecule has 0 aromatic heterocycles. The maximum Gasteiger partial charge on any atom is 0.0807 e. The molecule has 0 spiro atoms. The fraction of sp³-hybridized carbons (Fsp3) is 0.333. The van der Waals surface area contributed by atoms with Crippen LogP contribution in [0.15, 0.2) is 60.7 Å². The molecule has 2 aromatic carbocycles. The number of rotatable bonds is 6. The molecule has 0 aliphatic heterocycles. The highest BCUT2D eigenvalue weighted by molar-refractivity contribution is 6.89. The summed E-state index contributed by atoms with van der Waals surface area (Å²) in [5.74, 6) is 0. The third kappa shape index (κ3) is 3.81. The highest BCUT2D eigenvalue weighted by Gasteiger charge is 2.24. The first-order valence-electron chi connectivity index (χ1n) is 7.41. The molecule has 0 aliphatic carbocycles. The van der Waals surface area contributed by atoms with Crippen molar-refractivity contribution in [2.24, 2.45) is 0 Å². The second-order valence-electron chi connectivity index (χ2n) is 6.04. The van der Waals surface area contributed by atoms with Crippen LogP contribution in [0.1, 0.15) is 18.0 Å². The maximum absolute atomic E-state index is 3.46. The van der Waals surface area contributed by atoms with Gasteiger partial charge in [-0.3, -0.25) is 0 Å². The summed E-state index contributed by atoms with van der Waals surface area (Å²) < 4.78 is 0. The molecule has 0 saturated carbocycles. The van der Waals surface area contributed by atoms with Crippen LogP contribution in [0.3, 0.4) is 0 Å². The van der Waals surface area contributed by atoms with Crippen LogP contribution in [-0.2, 0) is 0 Å². The Morgan fingerprint density at radius 3 is 2.00 bits per heavy atom. The van der Waals surface area contributed by atoms with Crippen molar-refractivity contribution in [3.63, 3.8) is 0 Å². The topological polar surface area (TPSA) is 12.0 Å². The lowest BCUT2D eigenvalue weighted by atomic mass is 10.1. The predicted molar refractivity (Wildman–Crippen MR) is 91.2 cm³/mol. The van der Waals surface area contributed by atoms with Crippen molar-refractivity contribution < 1.29 is 0 Å². The van der Waals surface area contributed by atoms with Gasteiger partial charge in [-0.15, -0.1) is 0 Å². The fourth-order valence-electron chi connectivity index (χ4n) is 2.70. The van der Waals surface area contributed by atoms with Gasteiger partial charge in [0.05, 0.1) is 8.07 Å². The van der Waals surface area contributed by atoms with E-state index >= 15 is 0 Å². The van der Waals surface area contributed by atoms with Gasteiger partial charge < -0.3 is 5.32 Å². The van der Waals surface area contributed by atoms with Crippen LogP contribution in [0.4, 0.5) is 0 Å². The SMILES string of the molecule is CNC(CC[Si](C)(C)c1ccccc1)c1ccccc1. The van der Waals surface area contributed by atoms with Crippen molar-refractivity contribution >= 4 is 13.3 Å². The summed E-state index contributed by atoms with van der Waals surface area (Å²) in [6.07, 6.45) is 1.20. The molecule has 106 valence electrons. The van der Waals surface area contributed by atoms with E-state index in [1.807, 2.05) is 0 Å². The van der Waals surface area contributed by atoms with Gasteiger partial charge in [-0.05, 0) is 19.0 Å². The molecule has 2 rings (SSSR count). The third-order valence-corrected chi connectivity index (χ3v) is 7.60. The van der Waals surface area contributed by atoms with Crippen molar-refractivity contribution in [1.29, 1.82) is 0 Å². The Labute approximate surface area is 124 Å². The Morgan fingerprint density at radius 1 is 0.900 bits per heavy atom. The van der Waals surface area contributed by atoms with E-state index in [9.17, 15) is 0 Å². The fourth-order valence-corrected chi connectivity index (χ4v) is 5.10. The van der Waals surface area contributed by atoms with Crippen LogP contribution < -0.4 is 10.5 Å². The molecule has 1 unspecified atom stereocenters. The summed E-state index contributed by atoms with van der Waals surface area (Å²) in [6.45, 7) is 4.94. The second kappa shape index (κ2) is 6.87. The first-order valence-corrected chi connectivity index (χ1v) is 10.6. The zero-order valence-electron chi connectivity index (χ0n) is 12.8. The van der Waals surface area contributed by atoms with Gasteiger partial charge in [0.25, 0.3) is 0 Å². The summed E-state index contributed by atoms with van der Waals surface area (Å²) in [7, 11) is 0.733. The zero-order valence-corrected chi connectivity index (χ0v) is 13.8. The average Bonchev–Trinajstić information content (AvgIpc) is 2.50. The van der Waals surface area contributed by atoms with E-state index in [1.165, 1.54) is 18.0 Å². The van der Waals surface area contributed by atoms with E-state index in [2.05, 4.69) is 86.1 Å². The smallest absolute Gasteiger partial charge is 0.0807 e. The Morgan fingerprint density at radius 2 is 1.45 bits per heavy atom. The van der Waals surface area contributed by atoms with E-state index in [-0.39, 0.29) is 0 Å². The minimum Gasteiger partial charge on any atom is -0.313 e. The standard InChI is InChI=1S/C18H25NSi/c1-19-18(16-10-6-4-7-11-16)14-15-20(2,3)17-12-8-5-9-13-17/h4-13,18-19H,14-15H2,1-3H3. The van der Waals surface area contributed by atoms with E-state index in [0.717, 1.165) is 0 Å². The minimum atomic E-state index is -1.33. The van der Waals surface area contributed by atoms with E-state index < -0.39 is 8.07 Å². The Bertz CT molecular complexity index is 507. The summed E-state index contributed by atoms with van der Waals surface area (Å²) in [4.78, 5) is 0. The monoisotopic (exact) mass is 283 g/mol. The van der Waals surface area contributed by atoms with Crippen LogP contribution >= 0.6 is 0 Å². The maximum atomic E-state index is 3.46. The molecule has 0 radical (unpaired) electrons. The molecular weight excluding hydrogens is 258 g/mol. The molecular formula is C18H25NSi. The molecule has 0 amide bonds. The highest BCUT2D eigenvalue weighted by Crippen LogP contribution is 2.22. The van der Waals surface area contributed by atoms with Crippen LogP contribution in [0, 0.1) is 0 Å². The highest BCUT2D eigenvalue weighted by atomic mass is 28.3. The Hall–Kier alpha value is -1.38. The first-order chi connectivity index (χ1) is 9.63. The van der Waals surface area contributed by atoms with Crippen molar-refractivity contribution in [1.82, 2.24) is 5.32 Å². The number of hydrogen-bond donors (Lipinski definition) is 1. The number of benzene rings is 2. The summed E-state index contributed by atoms with van der Waals surface area (Å²) in [6, 6.07) is 23.6.